The summed E-state index contributed by atoms with van der Waals surface area (Å²) in [5.41, 5.74) is 7.40. The number of nitrogens with one attached hydrogen (secondary N) is 3. The molecule has 3 aliphatic rings. The summed E-state index contributed by atoms with van der Waals surface area (Å²) in [5, 5.41) is 11.5. The smallest absolute Gasteiger partial charge is 0.409 e. The predicted molar refractivity (Wildman–Crippen MR) is 230 cm³/mol. The highest BCUT2D eigenvalue weighted by Gasteiger charge is 2.64. The van der Waals surface area contributed by atoms with Crippen molar-refractivity contribution in [1.82, 2.24) is 10.6 Å². The molecule has 2 saturated heterocycles. The van der Waals surface area contributed by atoms with Crippen molar-refractivity contribution in [2.45, 2.75) is 123 Å². The number of hydrogen-bond donors (Lipinski definition) is 4. The van der Waals surface area contributed by atoms with Gasteiger partial charge in [0.15, 0.2) is 5.66 Å². The number of ether oxygens (including phenoxy) is 4. The summed E-state index contributed by atoms with van der Waals surface area (Å²) in [6.45, 7) is 14.2. The monoisotopic (exact) mass is 844 g/mol. The van der Waals surface area contributed by atoms with E-state index in [0.29, 0.717) is 34.7 Å². The Labute approximate surface area is 357 Å². The van der Waals surface area contributed by atoms with Crippen LogP contribution >= 0.6 is 0 Å². The van der Waals surface area contributed by atoms with E-state index in [0.717, 1.165) is 11.1 Å². The van der Waals surface area contributed by atoms with Crippen molar-refractivity contribution < 1.29 is 42.9 Å². The van der Waals surface area contributed by atoms with E-state index in [2.05, 4.69) is 21.1 Å². The molecule has 4 bridgehead atoms. The van der Waals surface area contributed by atoms with Gasteiger partial charge in [-0.05, 0) is 73.7 Å². The fourth-order valence-corrected chi connectivity index (χ4v) is 7.70. The number of carbonyl (C=O) groups is 5. The van der Waals surface area contributed by atoms with Gasteiger partial charge in [0, 0.05) is 37.1 Å². The highest BCUT2D eigenvalue weighted by atomic mass is 16.7. The first-order valence-electron chi connectivity index (χ1n) is 20.7. The number of esters is 1. The maximum atomic E-state index is 14.6. The number of carbonyl (C=O) groups excluding carboxylic acids is 5. The minimum absolute atomic E-state index is 0.0806. The van der Waals surface area contributed by atoms with E-state index in [9.17, 15) is 28.9 Å². The van der Waals surface area contributed by atoms with Crippen molar-refractivity contribution in [1.29, 1.82) is 0 Å². The number of methoxy groups -OCH3 is 1. The third-order valence-corrected chi connectivity index (χ3v) is 11.8. The Kier molecular flexibility index (Phi) is 14.5. The van der Waals surface area contributed by atoms with Gasteiger partial charge in [-0.2, -0.15) is 0 Å². The number of benzene rings is 2. The standard InChI is InChI=1S/C45H60N6O10/c1-24(2)38(46)41(54)47-28(7)40(53)48-31-16-14-30(15-17-31)37-32-20-29(21-33(37)58-10)19-26(5)13-11-12-18-45(50-57)23-34(59-43(56)49-45)27(6)39-44(8,61-39)35(22-36(52)51(32)9)60-42(55)25(3)4/h11-17,20-21,24-25,27-28,34-35,38-39H,18-19,22-23,46H2,1-10H3,(H,47,54)(H,48,53)(H,49,56)/b12-11+,26-13+/t27-,28+,34+,35+,38+,39+,44+,45-/m1/s1. The Morgan fingerprint density at radius 2 is 1.75 bits per heavy atom. The van der Waals surface area contributed by atoms with Crippen molar-refractivity contribution >= 4 is 41.2 Å². The van der Waals surface area contributed by atoms with Crippen molar-refractivity contribution in [2.24, 2.45) is 28.7 Å². The average Bonchev–Trinajstić information content (AvgIpc) is 3.92. The zero-order chi connectivity index (χ0) is 45.0. The van der Waals surface area contributed by atoms with E-state index in [-0.39, 0.29) is 31.1 Å². The van der Waals surface area contributed by atoms with Crippen LogP contribution < -0.4 is 31.3 Å². The Balaban J connectivity index is 1.54. The first-order valence-corrected chi connectivity index (χ1v) is 20.7. The van der Waals surface area contributed by atoms with Gasteiger partial charge in [-0.1, -0.05) is 70.6 Å². The number of nitrogens with two attached hydrogens (primary N) is 1. The van der Waals surface area contributed by atoms with Gasteiger partial charge in [0.25, 0.3) is 0 Å². The van der Waals surface area contributed by atoms with E-state index in [1.165, 1.54) is 4.90 Å². The summed E-state index contributed by atoms with van der Waals surface area (Å²) in [7, 11) is 3.19. The number of allylic oxidation sites excluding steroid dienone is 3. The summed E-state index contributed by atoms with van der Waals surface area (Å²) >= 11 is 0. The molecule has 330 valence electrons. The molecule has 3 aliphatic heterocycles. The molecule has 0 radical (unpaired) electrons. The Hall–Kier alpha value is -5.61. The van der Waals surface area contributed by atoms with Gasteiger partial charge in [-0.25, -0.2) is 4.79 Å². The van der Waals surface area contributed by atoms with Gasteiger partial charge >= 0.3 is 12.1 Å². The Bertz CT molecular complexity index is 2070. The van der Waals surface area contributed by atoms with E-state index < -0.39 is 77.4 Å². The summed E-state index contributed by atoms with van der Waals surface area (Å²) in [6.07, 6.45) is 2.72. The molecule has 16 heteroatoms. The average molecular weight is 845 g/mol. The Morgan fingerprint density at radius 3 is 2.38 bits per heavy atom. The lowest BCUT2D eigenvalue weighted by Crippen LogP contribution is -2.56. The molecule has 0 aromatic heterocycles. The van der Waals surface area contributed by atoms with Crippen LogP contribution in [0.5, 0.6) is 5.75 Å². The Morgan fingerprint density at radius 1 is 1.07 bits per heavy atom. The summed E-state index contributed by atoms with van der Waals surface area (Å²) in [6, 6.07) is 9.22. The van der Waals surface area contributed by atoms with Crippen LogP contribution in [0.3, 0.4) is 0 Å². The van der Waals surface area contributed by atoms with Crippen LogP contribution in [-0.4, -0.2) is 85.6 Å². The second-order valence-corrected chi connectivity index (χ2v) is 17.3. The molecule has 2 aromatic carbocycles. The van der Waals surface area contributed by atoms with Crippen LogP contribution in [0, 0.1) is 22.7 Å². The van der Waals surface area contributed by atoms with Crippen LogP contribution in [0.4, 0.5) is 16.2 Å². The zero-order valence-electron chi connectivity index (χ0n) is 36.7. The molecule has 16 nitrogen and oxygen atoms in total. The third kappa shape index (κ3) is 10.7. The SMILES string of the molecule is COc1cc2cc(c1-c1ccc(NC(=O)[C@H](C)NC(=O)[C@@H](N)C(C)C)cc1)N(C)C(=O)C[C@H](OC(=O)C(C)C)[C@]1(C)O[C@H]1[C@H](C)[C@@H]1C[C@](N=O)(C/C=C/C=C(\C)C2)NC(=O)O1. The summed E-state index contributed by atoms with van der Waals surface area (Å²) in [5.74, 6) is -2.33. The van der Waals surface area contributed by atoms with Gasteiger partial charge in [0.05, 0.1) is 37.3 Å². The van der Waals surface area contributed by atoms with Gasteiger partial charge in [0.2, 0.25) is 17.7 Å². The number of epoxide rings is 1. The van der Waals surface area contributed by atoms with Crippen LogP contribution in [0.2, 0.25) is 0 Å². The molecule has 5 rings (SSSR count). The third-order valence-electron chi connectivity index (χ3n) is 11.8. The van der Waals surface area contributed by atoms with E-state index >= 15 is 0 Å². The number of alkyl carbamates (subject to hydrolysis) is 1. The number of anilines is 2. The first kappa shape index (κ1) is 46.5. The number of amides is 4. The van der Waals surface area contributed by atoms with Gasteiger partial charge in [0.1, 0.15) is 29.6 Å². The molecule has 2 aromatic rings. The zero-order valence-corrected chi connectivity index (χ0v) is 36.7. The van der Waals surface area contributed by atoms with Crippen LogP contribution in [0.25, 0.3) is 11.1 Å². The van der Waals surface area contributed by atoms with Gasteiger partial charge in [-0.3, -0.25) is 24.5 Å². The normalized spacial score (nSPS) is 27.9. The van der Waals surface area contributed by atoms with Crippen LogP contribution in [0.15, 0.2) is 65.4 Å². The molecule has 5 N–H and O–H groups in total. The fraction of sp³-hybridized carbons (Fsp3) is 0.533. The number of nitroso groups, excluding NO2 is 1. The second-order valence-electron chi connectivity index (χ2n) is 17.3. The topological polar surface area (TPSA) is 220 Å². The van der Waals surface area contributed by atoms with Crippen LogP contribution in [0.1, 0.15) is 80.2 Å². The largest absolute Gasteiger partial charge is 0.496 e. The predicted octanol–water partition coefficient (Wildman–Crippen LogP) is 5.91. The molecular formula is C45H60N6O10. The van der Waals surface area contributed by atoms with Crippen molar-refractivity contribution in [3.63, 3.8) is 0 Å². The maximum Gasteiger partial charge on any atom is 0.409 e. The highest BCUT2D eigenvalue weighted by molar-refractivity contribution is 6.00. The number of fused-ring (bicyclic) bond motifs is 5. The van der Waals surface area contributed by atoms with Gasteiger partial charge < -0.3 is 40.2 Å². The molecule has 3 heterocycles. The number of rotatable bonds is 10. The molecule has 8 atom stereocenters. The van der Waals surface area contributed by atoms with Gasteiger partial charge in [-0.15, -0.1) is 4.91 Å². The lowest BCUT2D eigenvalue weighted by molar-refractivity contribution is -0.157. The molecule has 0 spiro atoms. The molecule has 0 unspecified atom stereocenters. The molecule has 0 saturated carbocycles. The van der Waals surface area contributed by atoms with E-state index in [4.69, 9.17) is 24.7 Å². The second kappa shape index (κ2) is 19.0. The molecular weight excluding hydrogens is 785 g/mol. The number of nitrogens with zero attached hydrogens (tertiary/aromatic N) is 2. The van der Waals surface area contributed by atoms with Crippen molar-refractivity contribution in [2.75, 3.05) is 24.4 Å². The summed E-state index contributed by atoms with van der Waals surface area (Å²) in [4.78, 5) is 79.9. The van der Waals surface area contributed by atoms with Crippen molar-refractivity contribution in [3.8, 4) is 16.9 Å². The van der Waals surface area contributed by atoms with Crippen LogP contribution in [-0.2, 0) is 39.8 Å². The maximum absolute atomic E-state index is 14.6. The minimum Gasteiger partial charge on any atom is -0.496 e. The number of hydrogen-bond acceptors (Lipinski definition) is 12. The lowest BCUT2D eigenvalue weighted by Gasteiger charge is -2.37. The molecule has 0 aliphatic carbocycles. The molecule has 2 fully saturated rings. The fourth-order valence-electron chi connectivity index (χ4n) is 7.70. The van der Waals surface area contributed by atoms with E-state index in [1.54, 1.807) is 72.2 Å². The quantitative estimate of drug-likeness (QED) is 0.125. The highest BCUT2D eigenvalue weighted by Crippen LogP contribution is 2.49. The minimum atomic E-state index is -1.46. The lowest BCUT2D eigenvalue weighted by atomic mass is 9.83. The summed E-state index contributed by atoms with van der Waals surface area (Å²) < 4.78 is 24.0. The van der Waals surface area contributed by atoms with Crippen molar-refractivity contribution in [3.05, 3.63) is 70.7 Å². The first-order chi connectivity index (χ1) is 28.7. The molecule has 61 heavy (non-hydrogen) atoms. The van der Waals surface area contributed by atoms with E-state index in [1.807, 2.05) is 52.0 Å². The molecule has 4 amide bonds.